The minimum Gasteiger partial charge on any atom is -0.387 e. The van der Waals surface area contributed by atoms with Gasteiger partial charge in [-0.25, -0.2) is 0 Å². The molecule has 110 valence electrons. The lowest BCUT2D eigenvalue weighted by Gasteiger charge is -2.11. The van der Waals surface area contributed by atoms with Crippen LogP contribution in [0.4, 0.5) is 0 Å². The smallest absolute Gasteiger partial charge is 0.0922 e. The molecule has 1 unspecified atom stereocenters. The lowest BCUT2D eigenvalue weighted by atomic mass is 10.1. The molecule has 2 aromatic rings. The van der Waals surface area contributed by atoms with Crippen LogP contribution in [-0.2, 0) is 26.4 Å². The van der Waals surface area contributed by atoms with E-state index >= 15 is 0 Å². The van der Waals surface area contributed by atoms with E-state index in [1.54, 1.807) is 11.3 Å². The molecule has 2 N–H and O–H groups in total. The van der Waals surface area contributed by atoms with E-state index in [0.717, 1.165) is 30.6 Å². The predicted octanol–water partition coefficient (Wildman–Crippen LogP) is 2.43. The van der Waals surface area contributed by atoms with E-state index in [1.807, 2.05) is 28.6 Å². The van der Waals surface area contributed by atoms with Crippen LogP contribution in [-0.4, -0.2) is 21.4 Å². The van der Waals surface area contributed by atoms with Gasteiger partial charge in [0.15, 0.2) is 0 Å². The standard InChI is InChI=1S/C15H23N3OS/c1-4-13-12(14(5-2)18(3)17-13)8-16-9-15(19)11-6-7-20-10-11/h6-7,10,15-16,19H,4-5,8-9H2,1-3H3. The summed E-state index contributed by atoms with van der Waals surface area (Å²) in [7, 11) is 2.00. The molecule has 2 heterocycles. The monoisotopic (exact) mass is 293 g/mol. The minimum absolute atomic E-state index is 0.437. The SMILES string of the molecule is CCc1nn(C)c(CC)c1CNCC(O)c1ccsc1. The fourth-order valence-electron chi connectivity index (χ4n) is 2.51. The van der Waals surface area contributed by atoms with Crippen LogP contribution in [0.3, 0.4) is 0 Å². The van der Waals surface area contributed by atoms with Crippen molar-refractivity contribution in [2.45, 2.75) is 39.3 Å². The summed E-state index contributed by atoms with van der Waals surface area (Å²) in [5.41, 5.74) is 4.70. The number of thiophene rings is 1. The van der Waals surface area contributed by atoms with E-state index in [9.17, 15) is 5.11 Å². The van der Waals surface area contributed by atoms with Gasteiger partial charge in [0.25, 0.3) is 0 Å². The molecule has 0 aliphatic heterocycles. The maximum Gasteiger partial charge on any atom is 0.0922 e. The van der Waals surface area contributed by atoms with Gasteiger partial charge in [-0.05, 0) is 35.2 Å². The fourth-order valence-corrected chi connectivity index (χ4v) is 3.22. The Balaban J connectivity index is 1.97. The molecule has 0 aromatic carbocycles. The largest absolute Gasteiger partial charge is 0.387 e. The highest BCUT2D eigenvalue weighted by molar-refractivity contribution is 7.07. The Hall–Kier alpha value is -1.17. The van der Waals surface area contributed by atoms with Crippen LogP contribution in [0.1, 0.15) is 42.5 Å². The van der Waals surface area contributed by atoms with Gasteiger partial charge in [0.2, 0.25) is 0 Å². The highest BCUT2D eigenvalue weighted by Gasteiger charge is 2.14. The van der Waals surface area contributed by atoms with Crippen molar-refractivity contribution < 1.29 is 5.11 Å². The number of hydrogen-bond acceptors (Lipinski definition) is 4. The van der Waals surface area contributed by atoms with Gasteiger partial charge >= 0.3 is 0 Å². The first-order chi connectivity index (χ1) is 9.67. The molecular formula is C15H23N3OS. The van der Waals surface area contributed by atoms with Crippen molar-refractivity contribution in [3.05, 3.63) is 39.3 Å². The second-order valence-electron chi connectivity index (χ2n) is 4.91. The second-order valence-corrected chi connectivity index (χ2v) is 5.69. The van der Waals surface area contributed by atoms with Gasteiger partial charge in [0, 0.05) is 31.4 Å². The number of aliphatic hydroxyl groups excluding tert-OH is 1. The normalized spacial score (nSPS) is 12.8. The number of nitrogens with zero attached hydrogens (tertiary/aromatic N) is 2. The summed E-state index contributed by atoms with van der Waals surface area (Å²) in [5.74, 6) is 0. The van der Waals surface area contributed by atoms with Gasteiger partial charge in [-0.2, -0.15) is 16.4 Å². The van der Waals surface area contributed by atoms with E-state index in [2.05, 4.69) is 24.3 Å². The number of nitrogens with one attached hydrogen (secondary N) is 1. The molecular weight excluding hydrogens is 270 g/mol. The van der Waals surface area contributed by atoms with Gasteiger partial charge in [-0.15, -0.1) is 0 Å². The van der Waals surface area contributed by atoms with Crippen molar-refractivity contribution in [1.82, 2.24) is 15.1 Å². The fraction of sp³-hybridized carbons (Fsp3) is 0.533. The summed E-state index contributed by atoms with van der Waals surface area (Å²) in [6.45, 7) is 5.62. The van der Waals surface area contributed by atoms with Gasteiger partial charge in [-0.1, -0.05) is 13.8 Å². The Morgan fingerprint density at radius 1 is 1.40 bits per heavy atom. The molecule has 0 bridgehead atoms. The average Bonchev–Trinajstić information content (AvgIpc) is 3.06. The van der Waals surface area contributed by atoms with Crippen molar-refractivity contribution in [2.75, 3.05) is 6.54 Å². The Morgan fingerprint density at radius 2 is 2.20 bits per heavy atom. The average molecular weight is 293 g/mol. The molecule has 0 saturated heterocycles. The molecule has 2 rings (SSSR count). The van der Waals surface area contributed by atoms with Crippen molar-refractivity contribution in [3.8, 4) is 0 Å². The highest BCUT2D eigenvalue weighted by atomic mass is 32.1. The van der Waals surface area contributed by atoms with Gasteiger partial charge in [0.1, 0.15) is 0 Å². The van der Waals surface area contributed by atoms with Crippen molar-refractivity contribution in [1.29, 1.82) is 0 Å². The van der Waals surface area contributed by atoms with Crippen LogP contribution in [0, 0.1) is 0 Å². The topological polar surface area (TPSA) is 50.1 Å². The zero-order valence-corrected chi connectivity index (χ0v) is 13.2. The number of hydrogen-bond donors (Lipinski definition) is 2. The van der Waals surface area contributed by atoms with E-state index in [0.29, 0.717) is 6.54 Å². The van der Waals surface area contributed by atoms with Crippen LogP contribution in [0.25, 0.3) is 0 Å². The third-order valence-corrected chi connectivity index (χ3v) is 4.30. The zero-order chi connectivity index (χ0) is 14.5. The summed E-state index contributed by atoms with van der Waals surface area (Å²) >= 11 is 1.61. The molecule has 0 aliphatic rings. The summed E-state index contributed by atoms with van der Waals surface area (Å²) in [6.07, 6.45) is 1.49. The number of aromatic nitrogens is 2. The lowest BCUT2D eigenvalue weighted by molar-refractivity contribution is 0.175. The number of aryl methyl sites for hydroxylation is 2. The Morgan fingerprint density at radius 3 is 2.80 bits per heavy atom. The third-order valence-electron chi connectivity index (χ3n) is 3.60. The summed E-state index contributed by atoms with van der Waals surface area (Å²) in [4.78, 5) is 0. The molecule has 0 amide bonds. The van der Waals surface area contributed by atoms with Crippen LogP contribution >= 0.6 is 11.3 Å². The molecule has 5 heteroatoms. The quantitative estimate of drug-likeness (QED) is 0.824. The molecule has 20 heavy (non-hydrogen) atoms. The molecule has 0 spiro atoms. The van der Waals surface area contributed by atoms with Crippen molar-refractivity contribution in [3.63, 3.8) is 0 Å². The van der Waals surface area contributed by atoms with Crippen LogP contribution in [0.5, 0.6) is 0 Å². The maximum absolute atomic E-state index is 10.1. The molecule has 2 aromatic heterocycles. The Labute approximate surface area is 124 Å². The van der Waals surface area contributed by atoms with Gasteiger partial charge in [0.05, 0.1) is 11.8 Å². The zero-order valence-electron chi connectivity index (χ0n) is 12.4. The number of rotatable bonds is 7. The maximum atomic E-state index is 10.1. The van der Waals surface area contributed by atoms with Crippen LogP contribution in [0.2, 0.25) is 0 Å². The van der Waals surface area contributed by atoms with E-state index in [1.165, 1.54) is 11.3 Å². The van der Waals surface area contributed by atoms with Gasteiger partial charge < -0.3 is 10.4 Å². The third kappa shape index (κ3) is 3.29. The highest BCUT2D eigenvalue weighted by Crippen LogP contribution is 2.17. The lowest BCUT2D eigenvalue weighted by Crippen LogP contribution is -2.21. The first-order valence-corrected chi connectivity index (χ1v) is 8.06. The van der Waals surface area contributed by atoms with Crippen molar-refractivity contribution >= 4 is 11.3 Å². The second kappa shape index (κ2) is 7.02. The van der Waals surface area contributed by atoms with Gasteiger partial charge in [-0.3, -0.25) is 4.68 Å². The molecule has 0 saturated carbocycles. The summed E-state index contributed by atoms with van der Waals surface area (Å²) in [5, 5.41) is 22.0. The predicted molar refractivity (Wildman–Crippen MR) is 82.9 cm³/mol. The van der Waals surface area contributed by atoms with E-state index in [-0.39, 0.29) is 0 Å². The summed E-state index contributed by atoms with van der Waals surface area (Å²) in [6, 6.07) is 1.97. The molecule has 4 nitrogen and oxygen atoms in total. The first-order valence-electron chi connectivity index (χ1n) is 7.11. The molecule has 1 atom stereocenters. The molecule has 0 radical (unpaired) electrons. The Kier molecular flexibility index (Phi) is 5.34. The number of aliphatic hydroxyl groups is 1. The van der Waals surface area contributed by atoms with Crippen LogP contribution < -0.4 is 5.32 Å². The minimum atomic E-state index is -0.437. The summed E-state index contributed by atoms with van der Waals surface area (Å²) < 4.78 is 1.98. The van der Waals surface area contributed by atoms with Crippen LogP contribution in [0.15, 0.2) is 16.8 Å². The first kappa shape index (κ1) is 15.2. The molecule has 0 aliphatic carbocycles. The molecule has 0 fully saturated rings. The van der Waals surface area contributed by atoms with Crippen molar-refractivity contribution in [2.24, 2.45) is 7.05 Å². The Bertz CT molecular complexity index is 534. The van der Waals surface area contributed by atoms with E-state index in [4.69, 9.17) is 0 Å². The van der Waals surface area contributed by atoms with E-state index < -0.39 is 6.10 Å².